The van der Waals surface area contributed by atoms with E-state index in [1.54, 1.807) is 11.3 Å². The van der Waals surface area contributed by atoms with Crippen LogP contribution in [-0.2, 0) is 20.7 Å². The molecule has 0 saturated carbocycles. The highest BCUT2D eigenvalue weighted by atomic mass is 32.1. The Morgan fingerprint density at radius 1 is 1.17 bits per heavy atom. The van der Waals surface area contributed by atoms with Gasteiger partial charge in [-0.25, -0.2) is 4.79 Å². The number of ether oxygens (including phenoxy) is 1. The number of esters is 1. The Kier molecular flexibility index (Phi) is 5.65. The average Bonchev–Trinajstić information content (AvgIpc) is 3.21. The SMILES string of the molecule is CC1=C(C(=O)OCCc2ccccc2)[C@@H](c2cccs2)C2=C(CC(C)(C)CC2=O)N1. The van der Waals surface area contributed by atoms with Crippen molar-refractivity contribution < 1.29 is 14.3 Å². The number of rotatable bonds is 5. The summed E-state index contributed by atoms with van der Waals surface area (Å²) in [7, 11) is 0. The van der Waals surface area contributed by atoms with Crippen LogP contribution in [0.25, 0.3) is 0 Å². The Morgan fingerprint density at radius 2 is 1.93 bits per heavy atom. The lowest BCUT2D eigenvalue weighted by molar-refractivity contribution is -0.139. The smallest absolute Gasteiger partial charge is 0.336 e. The summed E-state index contributed by atoms with van der Waals surface area (Å²) >= 11 is 1.57. The first-order chi connectivity index (χ1) is 14.4. The van der Waals surface area contributed by atoms with Crippen molar-refractivity contribution in [1.29, 1.82) is 0 Å². The van der Waals surface area contributed by atoms with Crippen molar-refractivity contribution in [3.8, 4) is 0 Å². The molecule has 0 fully saturated rings. The quantitative estimate of drug-likeness (QED) is 0.680. The van der Waals surface area contributed by atoms with Crippen LogP contribution in [0.15, 0.2) is 70.4 Å². The van der Waals surface area contributed by atoms with Gasteiger partial charge in [0.2, 0.25) is 0 Å². The molecule has 0 spiro atoms. The first-order valence-electron chi connectivity index (χ1n) is 10.3. The Hall–Kier alpha value is -2.66. The zero-order valence-corrected chi connectivity index (χ0v) is 18.5. The summed E-state index contributed by atoms with van der Waals surface area (Å²) in [6.45, 7) is 6.44. The average molecular weight is 422 g/mol. The molecule has 1 aromatic heterocycles. The maximum atomic E-state index is 13.2. The largest absolute Gasteiger partial charge is 0.462 e. The van der Waals surface area contributed by atoms with Crippen LogP contribution in [0.2, 0.25) is 0 Å². The molecule has 5 heteroatoms. The Labute approximate surface area is 181 Å². The fraction of sp³-hybridized carbons (Fsp3) is 0.360. The third kappa shape index (κ3) is 4.12. The lowest BCUT2D eigenvalue weighted by atomic mass is 9.70. The van der Waals surface area contributed by atoms with Crippen LogP contribution in [0.3, 0.4) is 0 Å². The second kappa shape index (κ2) is 8.23. The first kappa shape index (κ1) is 20.6. The molecule has 156 valence electrons. The number of ketones is 1. The minimum atomic E-state index is -0.353. The minimum absolute atomic E-state index is 0.0864. The Morgan fingerprint density at radius 3 is 2.63 bits per heavy atom. The van der Waals surface area contributed by atoms with Crippen LogP contribution < -0.4 is 5.32 Å². The van der Waals surface area contributed by atoms with Crippen molar-refractivity contribution >= 4 is 23.1 Å². The van der Waals surface area contributed by atoms with Crippen LogP contribution in [0.4, 0.5) is 0 Å². The fourth-order valence-corrected chi connectivity index (χ4v) is 5.27. The normalized spacial score (nSPS) is 20.6. The van der Waals surface area contributed by atoms with E-state index < -0.39 is 0 Å². The highest BCUT2D eigenvalue weighted by Gasteiger charge is 2.43. The van der Waals surface area contributed by atoms with Gasteiger partial charge in [-0.05, 0) is 35.8 Å². The minimum Gasteiger partial charge on any atom is -0.462 e. The van der Waals surface area contributed by atoms with Gasteiger partial charge < -0.3 is 10.1 Å². The van der Waals surface area contributed by atoms with Gasteiger partial charge in [-0.2, -0.15) is 0 Å². The van der Waals surface area contributed by atoms with Gasteiger partial charge in [0.1, 0.15) is 0 Å². The molecular weight excluding hydrogens is 394 g/mol. The molecule has 4 rings (SSSR count). The molecule has 0 saturated heterocycles. The monoisotopic (exact) mass is 421 g/mol. The van der Waals surface area contributed by atoms with Crippen LogP contribution in [0.1, 0.15) is 50.0 Å². The third-order valence-electron chi connectivity index (χ3n) is 5.75. The van der Waals surface area contributed by atoms with Crippen molar-refractivity contribution in [3.63, 3.8) is 0 Å². The molecule has 1 aliphatic heterocycles. The lowest BCUT2D eigenvalue weighted by Gasteiger charge is -2.39. The van der Waals surface area contributed by atoms with Gasteiger partial charge in [-0.15, -0.1) is 11.3 Å². The highest BCUT2D eigenvalue weighted by molar-refractivity contribution is 7.10. The van der Waals surface area contributed by atoms with Crippen molar-refractivity contribution in [2.45, 2.75) is 46.0 Å². The third-order valence-corrected chi connectivity index (χ3v) is 6.69. The topological polar surface area (TPSA) is 55.4 Å². The number of carbonyl (C=O) groups excluding carboxylic acids is 2. The van der Waals surface area contributed by atoms with Crippen molar-refractivity contribution in [3.05, 3.63) is 80.8 Å². The number of allylic oxidation sites excluding steroid dienone is 3. The van der Waals surface area contributed by atoms with E-state index in [1.807, 2.05) is 54.8 Å². The summed E-state index contributed by atoms with van der Waals surface area (Å²) in [5, 5.41) is 5.37. The molecule has 1 N–H and O–H groups in total. The van der Waals surface area contributed by atoms with Gasteiger partial charge in [0, 0.05) is 34.7 Å². The van der Waals surface area contributed by atoms with Crippen molar-refractivity contribution in [2.24, 2.45) is 5.41 Å². The summed E-state index contributed by atoms with van der Waals surface area (Å²) in [5.41, 5.74) is 4.06. The zero-order valence-electron chi connectivity index (χ0n) is 17.7. The predicted molar refractivity (Wildman–Crippen MR) is 119 cm³/mol. The van der Waals surface area contributed by atoms with Gasteiger partial charge in [-0.1, -0.05) is 50.2 Å². The maximum absolute atomic E-state index is 13.2. The second-order valence-corrected chi connectivity index (χ2v) is 9.80. The van der Waals surface area contributed by atoms with Gasteiger partial charge in [0.15, 0.2) is 5.78 Å². The standard InChI is InChI=1S/C25H27NO3S/c1-16-21(24(28)29-12-11-17-8-5-4-6-9-17)23(20-10-7-13-30-20)22-18(26-16)14-25(2,3)15-19(22)27/h4-10,13,23,26H,11-12,14-15H2,1-3H3/t23-/m1/s1. The van der Waals surface area contributed by atoms with E-state index in [9.17, 15) is 9.59 Å². The van der Waals surface area contributed by atoms with Gasteiger partial charge in [-0.3, -0.25) is 4.79 Å². The van der Waals surface area contributed by atoms with Gasteiger partial charge >= 0.3 is 5.97 Å². The molecule has 2 heterocycles. The zero-order chi connectivity index (χ0) is 21.3. The number of carbonyl (C=O) groups is 2. The van der Waals surface area contributed by atoms with E-state index in [-0.39, 0.29) is 23.1 Å². The van der Waals surface area contributed by atoms with E-state index in [0.29, 0.717) is 25.0 Å². The highest BCUT2D eigenvalue weighted by Crippen LogP contribution is 2.47. The van der Waals surface area contributed by atoms with Crippen LogP contribution in [0.5, 0.6) is 0 Å². The number of Topliss-reactive ketones (excluding diaryl/α,β-unsaturated/α-hetero) is 1. The number of hydrogen-bond donors (Lipinski definition) is 1. The van der Waals surface area contributed by atoms with Crippen LogP contribution >= 0.6 is 11.3 Å². The van der Waals surface area contributed by atoms with Crippen LogP contribution in [-0.4, -0.2) is 18.4 Å². The Bertz CT molecular complexity index is 1020. The molecule has 1 atom stereocenters. The van der Waals surface area contributed by atoms with Gasteiger partial charge in [0.25, 0.3) is 0 Å². The number of benzene rings is 1. The van der Waals surface area contributed by atoms with Gasteiger partial charge in [0.05, 0.1) is 18.1 Å². The molecule has 0 radical (unpaired) electrons. The molecule has 2 aliphatic rings. The molecule has 0 unspecified atom stereocenters. The predicted octanol–water partition coefficient (Wildman–Crippen LogP) is 5.14. The number of nitrogens with one attached hydrogen (secondary N) is 1. The summed E-state index contributed by atoms with van der Waals surface area (Å²) in [4.78, 5) is 27.3. The number of hydrogen-bond acceptors (Lipinski definition) is 5. The fourth-order valence-electron chi connectivity index (χ4n) is 4.43. The number of thiophene rings is 1. The molecule has 30 heavy (non-hydrogen) atoms. The number of dihydropyridines is 1. The second-order valence-electron chi connectivity index (χ2n) is 8.82. The molecule has 0 bridgehead atoms. The van der Waals surface area contributed by atoms with E-state index in [2.05, 4.69) is 19.2 Å². The molecule has 1 aromatic carbocycles. The maximum Gasteiger partial charge on any atom is 0.336 e. The van der Waals surface area contributed by atoms with E-state index in [1.165, 1.54) is 0 Å². The Balaban J connectivity index is 1.61. The van der Waals surface area contributed by atoms with E-state index >= 15 is 0 Å². The summed E-state index contributed by atoms with van der Waals surface area (Å²) in [5.74, 6) is -0.582. The summed E-state index contributed by atoms with van der Waals surface area (Å²) < 4.78 is 5.67. The lowest BCUT2D eigenvalue weighted by Crippen LogP contribution is -2.38. The summed E-state index contributed by atoms with van der Waals surface area (Å²) in [6.07, 6.45) is 1.95. The van der Waals surface area contributed by atoms with Crippen LogP contribution in [0, 0.1) is 5.41 Å². The first-order valence-corrected chi connectivity index (χ1v) is 11.2. The molecule has 4 nitrogen and oxygen atoms in total. The van der Waals surface area contributed by atoms with Crippen molar-refractivity contribution in [2.75, 3.05) is 6.61 Å². The van der Waals surface area contributed by atoms with E-state index in [0.717, 1.165) is 33.8 Å². The summed E-state index contributed by atoms with van der Waals surface area (Å²) in [6, 6.07) is 13.9. The molecule has 2 aromatic rings. The molecule has 1 aliphatic carbocycles. The molecular formula is C25H27NO3S. The van der Waals surface area contributed by atoms with E-state index in [4.69, 9.17) is 4.74 Å². The van der Waals surface area contributed by atoms with Crippen molar-refractivity contribution in [1.82, 2.24) is 5.32 Å². The molecule has 0 amide bonds.